The molecule has 0 aromatic carbocycles. The molecule has 0 bridgehead atoms. The lowest BCUT2D eigenvalue weighted by molar-refractivity contribution is -0.123. The predicted octanol–water partition coefficient (Wildman–Crippen LogP) is 2.32. The molecule has 9 nitrogen and oxygen atoms in total. The molecule has 0 spiro atoms. The van der Waals surface area contributed by atoms with Crippen LogP contribution in [0.2, 0.25) is 0 Å². The zero-order valence-electron chi connectivity index (χ0n) is 20.8. The number of aromatic nitrogens is 1. The summed E-state index contributed by atoms with van der Waals surface area (Å²) in [5, 5.41) is 9.70. The molecule has 1 aliphatic carbocycles. The summed E-state index contributed by atoms with van der Waals surface area (Å²) in [6, 6.07) is 4.59. The maximum Gasteiger partial charge on any atom is 0.238 e. The molecule has 4 heterocycles. The lowest BCUT2D eigenvalue weighted by Crippen LogP contribution is -2.51. The Morgan fingerprint density at radius 1 is 1.09 bits per heavy atom. The van der Waals surface area contributed by atoms with Crippen molar-refractivity contribution < 1.29 is 9.53 Å². The van der Waals surface area contributed by atoms with E-state index in [1.165, 1.54) is 19.3 Å². The summed E-state index contributed by atoms with van der Waals surface area (Å²) in [6.45, 7) is 1.93. The minimum Gasteiger partial charge on any atom is -0.480 e. The SMILES string of the molecule is COc1nc(N2CCC(N(C)C)CC2)ccc1C1=NC2C(C(=O)N1)C(C1CCCCC1)=NN2C. The molecule has 1 saturated heterocycles. The highest BCUT2D eigenvalue weighted by atomic mass is 16.5. The molecule has 1 saturated carbocycles. The van der Waals surface area contributed by atoms with Gasteiger partial charge in [0.15, 0.2) is 6.17 Å². The number of methoxy groups -OCH3 is 1. The highest BCUT2D eigenvalue weighted by Crippen LogP contribution is 2.35. The number of carbonyl (C=O) groups is 1. The number of anilines is 1. The van der Waals surface area contributed by atoms with Crippen LogP contribution in [0.4, 0.5) is 5.82 Å². The fourth-order valence-electron chi connectivity index (χ4n) is 5.88. The summed E-state index contributed by atoms with van der Waals surface area (Å²) < 4.78 is 5.66. The number of carbonyl (C=O) groups excluding carboxylic acids is 1. The van der Waals surface area contributed by atoms with Crippen LogP contribution in [0.5, 0.6) is 5.88 Å². The van der Waals surface area contributed by atoms with Gasteiger partial charge in [-0.15, -0.1) is 0 Å². The van der Waals surface area contributed by atoms with Crippen molar-refractivity contribution in [1.82, 2.24) is 20.2 Å². The van der Waals surface area contributed by atoms with E-state index < -0.39 is 0 Å². The van der Waals surface area contributed by atoms with Crippen molar-refractivity contribution in [1.29, 1.82) is 0 Å². The van der Waals surface area contributed by atoms with Crippen LogP contribution in [0, 0.1) is 11.8 Å². The monoisotopic (exact) mass is 467 g/mol. The number of fused-ring (bicyclic) bond motifs is 1. The Bertz CT molecular complexity index is 977. The van der Waals surface area contributed by atoms with Crippen LogP contribution in [0.15, 0.2) is 22.2 Å². The van der Waals surface area contributed by atoms with Crippen LogP contribution in [-0.4, -0.2) is 85.9 Å². The summed E-state index contributed by atoms with van der Waals surface area (Å²) in [6.07, 6.45) is 7.84. The van der Waals surface area contributed by atoms with E-state index in [-0.39, 0.29) is 18.0 Å². The summed E-state index contributed by atoms with van der Waals surface area (Å²) in [5.41, 5.74) is 1.72. The third kappa shape index (κ3) is 4.26. The quantitative estimate of drug-likeness (QED) is 0.715. The summed E-state index contributed by atoms with van der Waals surface area (Å²) in [4.78, 5) is 27.6. The van der Waals surface area contributed by atoms with Crippen LogP contribution < -0.4 is 15.0 Å². The second-order valence-electron chi connectivity index (χ2n) is 10.2. The Labute approximate surface area is 202 Å². The number of pyridine rings is 1. The maximum absolute atomic E-state index is 13.3. The van der Waals surface area contributed by atoms with E-state index in [0.29, 0.717) is 29.2 Å². The standard InChI is InChI=1S/C25H37N7O2/c1-30(2)17-12-14-32(15-13-17)19-11-10-18(25(26-19)34-4)22-27-23-20(24(33)28-22)21(29-31(23)3)16-8-6-5-7-9-16/h10-11,16-17,20,23H,5-9,12-15H2,1-4H3,(H,27,28,33). The smallest absolute Gasteiger partial charge is 0.238 e. The number of rotatable bonds is 5. The van der Waals surface area contributed by atoms with Gasteiger partial charge < -0.3 is 19.9 Å². The molecule has 2 unspecified atom stereocenters. The Kier molecular flexibility index (Phi) is 6.46. The molecule has 1 aromatic rings. The van der Waals surface area contributed by atoms with Gasteiger partial charge in [-0.3, -0.25) is 9.80 Å². The molecule has 1 N–H and O–H groups in total. The number of nitrogens with one attached hydrogen (secondary N) is 1. The molecule has 0 radical (unpaired) electrons. The van der Waals surface area contributed by atoms with Gasteiger partial charge in [0.25, 0.3) is 0 Å². The van der Waals surface area contributed by atoms with Gasteiger partial charge >= 0.3 is 0 Å². The first-order valence-electron chi connectivity index (χ1n) is 12.6. The number of hydrogen-bond acceptors (Lipinski definition) is 8. The second kappa shape index (κ2) is 9.52. The summed E-state index contributed by atoms with van der Waals surface area (Å²) in [7, 11) is 7.83. The zero-order valence-corrected chi connectivity index (χ0v) is 20.8. The van der Waals surface area contributed by atoms with Crippen LogP contribution in [0.1, 0.15) is 50.5 Å². The highest BCUT2D eigenvalue weighted by Gasteiger charge is 2.46. The van der Waals surface area contributed by atoms with Crippen molar-refractivity contribution in [3.63, 3.8) is 0 Å². The van der Waals surface area contributed by atoms with E-state index in [0.717, 1.165) is 50.3 Å². The lowest BCUT2D eigenvalue weighted by atomic mass is 9.80. The minimum atomic E-state index is -0.312. The third-order valence-corrected chi connectivity index (χ3v) is 7.89. The van der Waals surface area contributed by atoms with Gasteiger partial charge in [-0.05, 0) is 51.9 Å². The number of aliphatic imine (C=N–C) groups is 1. The summed E-state index contributed by atoms with van der Waals surface area (Å²) >= 11 is 0. The molecular weight excluding hydrogens is 430 g/mol. The van der Waals surface area contributed by atoms with E-state index >= 15 is 0 Å². The highest BCUT2D eigenvalue weighted by molar-refractivity contribution is 6.18. The van der Waals surface area contributed by atoms with Gasteiger partial charge in [-0.25, -0.2) is 4.99 Å². The molecule has 1 amide bonds. The molecule has 1 aromatic heterocycles. The maximum atomic E-state index is 13.3. The zero-order chi connectivity index (χ0) is 23.8. The Hall–Kier alpha value is -2.68. The largest absolute Gasteiger partial charge is 0.480 e. The first kappa shape index (κ1) is 23.1. The average Bonchev–Trinajstić information content (AvgIpc) is 3.21. The number of hydrazone groups is 1. The predicted molar refractivity (Wildman–Crippen MR) is 133 cm³/mol. The first-order valence-corrected chi connectivity index (χ1v) is 12.6. The fourth-order valence-corrected chi connectivity index (χ4v) is 5.88. The van der Waals surface area contributed by atoms with E-state index in [1.54, 1.807) is 7.11 Å². The number of piperidine rings is 1. The van der Waals surface area contributed by atoms with Gasteiger partial charge in [0.05, 0.1) is 18.4 Å². The van der Waals surface area contributed by atoms with E-state index in [4.69, 9.17) is 19.8 Å². The molecule has 5 rings (SSSR count). The average molecular weight is 468 g/mol. The van der Waals surface area contributed by atoms with Crippen molar-refractivity contribution >= 4 is 23.3 Å². The van der Waals surface area contributed by atoms with E-state index in [2.05, 4.69) is 29.2 Å². The molecule has 2 atom stereocenters. The minimum absolute atomic E-state index is 0.0273. The van der Waals surface area contributed by atoms with Crippen LogP contribution in [-0.2, 0) is 4.79 Å². The topological polar surface area (TPSA) is 85.7 Å². The Balaban J connectivity index is 1.36. The number of hydrogen-bond donors (Lipinski definition) is 1. The molecule has 34 heavy (non-hydrogen) atoms. The Morgan fingerprint density at radius 2 is 1.82 bits per heavy atom. The second-order valence-corrected chi connectivity index (χ2v) is 10.2. The van der Waals surface area contributed by atoms with Crippen molar-refractivity contribution in [2.45, 2.75) is 57.2 Å². The van der Waals surface area contributed by atoms with Gasteiger partial charge in [0, 0.05) is 32.1 Å². The normalized spacial score (nSPS) is 26.3. The number of amides is 1. The van der Waals surface area contributed by atoms with Gasteiger partial charge in [-0.1, -0.05) is 19.3 Å². The third-order valence-electron chi connectivity index (χ3n) is 7.89. The van der Waals surface area contributed by atoms with Gasteiger partial charge in [0.2, 0.25) is 11.8 Å². The fraction of sp³-hybridized carbons (Fsp3) is 0.680. The summed E-state index contributed by atoms with van der Waals surface area (Å²) in [5.74, 6) is 1.95. The molecule has 9 heteroatoms. The molecule has 3 aliphatic heterocycles. The number of nitrogens with zero attached hydrogens (tertiary/aromatic N) is 6. The number of ether oxygens (including phenoxy) is 1. The van der Waals surface area contributed by atoms with Crippen LogP contribution in [0.25, 0.3) is 0 Å². The van der Waals surface area contributed by atoms with Crippen LogP contribution in [0.3, 0.4) is 0 Å². The number of amidine groups is 1. The van der Waals surface area contributed by atoms with Crippen LogP contribution >= 0.6 is 0 Å². The van der Waals surface area contributed by atoms with Gasteiger partial charge in [-0.2, -0.15) is 10.1 Å². The van der Waals surface area contributed by atoms with Crippen molar-refractivity contribution in [3.8, 4) is 5.88 Å². The molecule has 2 fully saturated rings. The lowest BCUT2D eigenvalue weighted by Gasteiger charge is -2.36. The molecule has 4 aliphatic rings. The van der Waals surface area contributed by atoms with Crippen molar-refractivity contribution in [3.05, 3.63) is 17.7 Å². The van der Waals surface area contributed by atoms with Crippen molar-refractivity contribution in [2.75, 3.05) is 46.2 Å². The molecule has 184 valence electrons. The van der Waals surface area contributed by atoms with E-state index in [9.17, 15) is 4.79 Å². The van der Waals surface area contributed by atoms with Crippen molar-refractivity contribution in [2.24, 2.45) is 21.9 Å². The van der Waals surface area contributed by atoms with E-state index in [1.807, 2.05) is 24.2 Å². The Morgan fingerprint density at radius 3 is 2.50 bits per heavy atom. The van der Waals surface area contributed by atoms with Gasteiger partial charge in [0.1, 0.15) is 17.6 Å². The molecular formula is C25H37N7O2. The first-order chi connectivity index (χ1) is 16.5.